The second-order valence-corrected chi connectivity index (χ2v) is 6.58. The lowest BCUT2D eigenvalue weighted by Gasteiger charge is -2.19. The fourth-order valence-corrected chi connectivity index (χ4v) is 3.14. The van der Waals surface area contributed by atoms with Crippen molar-refractivity contribution in [2.24, 2.45) is 0 Å². The topological polar surface area (TPSA) is 74.1 Å². The summed E-state index contributed by atoms with van der Waals surface area (Å²) in [4.78, 5) is 25.1. The van der Waals surface area contributed by atoms with E-state index in [2.05, 4.69) is 10.3 Å². The second kappa shape index (κ2) is 8.48. The van der Waals surface area contributed by atoms with Gasteiger partial charge in [-0.25, -0.2) is 4.68 Å². The number of hydrogen-bond acceptors (Lipinski definition) is 5. The molecule has 144 valence electrons. The maximum atomic E-state index is 12.6. The lowest BCUT2D eigenvalue weighted by Crippen LogP contribution is -2.26. The zero-order valence-electron chi connectivity index (χ0n) is 15.6. The Labute approximate surface area is 167 Å². The molecule has 0 aliphatic heterocycles. The molecule has 0 aliphatic rings. The third-order valence-electron chi connectivity index (χ3n) is 4.61. The number of fused-ring (bicyclic) bond motifs is 1. The Morgan fingerprint density at radius 2 is 1.45 bits per heavy atom. The van der Waals surface area contributed by atoms with Gasteiger partial charge in [0.15, 0.2) is 6.10 Å². The van der Waals surface area contributed by atoms with Crippen LogP contribution in [0.5, 0.6) is 0 Å². The van der Waals surface area contributed by atoms with E-state index in [0.717, 1.165) is 11.1 Å². The Balaban J connectivity index is 1.50. The molecule has 0 aliphatic carbocycles. The van der Waals surface area contributed by atoms with Crippen LogP contribution in [0.2, 0.25) is 0 Å². The van der Waals surface area contributed by atoms with Crippen LogP contribution < -0.4 is 5.56 Å². The molecule has 29 heavy (non-hydrogen) atoms. The lowest BCUT2D eigenvalue weighted by molar-refractivity contribution is -0.147. The summed E-state index contributed by atoms with van der Waals surface area (Å²) in [6.07, 6.45) is -0.493. The zero-order chi connectivity index (χ0) is 20.1. The molecule has 0 amide bonds. The minimum absolute atomic E-state index is 0.0170. The molecular formula is C23H19N3O3. The van der Waals surface area contributed by atoms with Crippen molar-refractivity contribution in [2.75, 3.05) is 0 Å². The van der Waals surface area contributed by atoms with E-state index in [1.165, 1.54) is 4.68 Å². The average Bonchev–Trinajstić information content (AvgIpc) is 2.78. The summed E-state index contributed by atoms with van der Waals surface area (Å²) in [6.45, 7) is 0.103. The Morgan fingerprint density at radius 3 is 2.10 bits per heavy atom. The van der Waals surface area contributed by atoms with E-state index >= 15 is 0 Å². The Bertz CT molecular complexity index is 1130. The highest BCUT2D eigenvalue weighted by atomic mass is 16.5. The molecule has 6 nitrogen and oxygen atoms in total. The minimum atomic E-state index is -0.510. The van der Waals surface area contributed by atoms with E-state index in [0.29, 0.717) is 10.9 Å². The number of carbonyl (C=O) groups is 1. The lowest BCUT2D eigenvalue weighted by atomic mass is 10.0. The molecule has 0 N–H and O–H groups in total. The van der Waals surface area contributed by atoms with Gasteiger partial charge in [0.05, 0.1) is 18.4 Å². The van der Waals surface area contributed by atoms with Gasteiger partial charge in [-0.3, -0.25) is 9.59 Å². The molecule has 0 saturated carbocycles. The summed E-state index contributed by atoms with van der Waals surface area (Å²) in [5, 5.41) is 8.43. The summed E-state index contributed by atoms with van der Waals surface area (Å²) < 4.78 is 6.97. The monoisotopic (exact) mass is 385 g/mol. The van der Waals surface area contributed by atoms with Crippen LogP contribution in [0, 0.1) is 0 Å². The highest BCUT2D eigenvalue weighted by Crippen LogP contribution is 2.26. The van der Waals surface area contributed by atoms with Crippen LogP contribution in [0.25, 0.3) is 10.9 Å². The highest BCUT2D eigenvalue weighted by molar-refractivity contribution is 5.76. The number of aryl methyl sites for hydroxylation is 1. The number of rotatable bonds is 6. The smallest absolute Gasteiger partial charge is 0.308 e. The molecule has 0 bridgehead atoms. The van der Waals surface area contributed by atoms with Gasteiger partial charge in [-0.1, -0.05) is 78.0 Å². The first-order valence-corrected chi connectivity index (χ1v) is 9.34. The predicted octanol–water partition coefficient (Wildman–Crippen LogP) is 3.51. The Hall–Kier alpha value is -3.80. The zero-order valence-corrected chi connectivity index (χ0v) is 15.6. The molecule has 0 saturated heterocycles. The molecule has 0 fully saturated rings. The Morgan fingerprint density at radius 1 is 0.862 bits per heavy atom. The van der Waals surface area contributed by atoms with Crippen molar-refractivity contribution < 1.29 is 9.53 Å². The van der Waals surface area contributed by atoms with Crippen molar-refractivity contribution in [3.05, 3.63) is 106 Å². The molecule has 3 aromatic carbocycles. The summed E-state index contributed by atoms with van der Waals surface area (Å²) in [7, 11) is 0. The van der Waals surface area contributed by atoms with Gasteiger partial charge in [0.25, 0.3) is 5.56 Å². The number of nitrogens with zero attached hydrogens (tertiary/aromatic N) is 3. The third kappa shape index (κ3) is 4.21. The van der Waals surface area contributed by atoms with Gasteiger partial charge in [-0.15, -0.1) is 5.10 Å². The SMILES string of the molecule is O=C(CCn1nnc2ccccc2c1=O)OC(c1ccccc1)c1ccccc1. The van der Waals surface area contributed by atoms with Crippen LogP contribution in [0.4, 0.5) is 0 Å². The van der Waals surface area contributed by atoms with Gasteiger partial charge in [-0.2, -0.15) is 0 Å². The Kier molecular flexibility index (Phi) is 5.42. The average molecular weight is 385 g/mol. The number of aromatic nitrogens is 3. The van der Waals surface area contributed by atoms with Crippen molar-refractivity contribution in [1.82, 2.24) is 15.0 Å². The van der Waals surface area contributed by atoms with Gasteiger partial charge < -0.3 is 4.74 Å². The van der Waals surface area contributed by atoms with Gasteiger partial charge in [0, 0.05) is 0 Å². The van der Waals surface area contributed by atoms with Crippen molar-refractivity contribution in [3.8, 4) is 0 Å². The second-order valence-electron chi connectivity index (χ2n) is 6.58. The maximum absolute atomic E-state index is 12.6. The third-order valence-corrected chi connectivity index (χ3v) is 4.61. The van der Waals surface area contributed by atoms with Crippen LogP contribution >= 0.6 is 0 Å². The molecule has 0 atom stereocenters. The van der Waals surface area contributed by atoms with E-state index in [-0.39, 0.29) is 18.5 Å². The number of benzene rings is 3. The van der Waals surface area contributed by atoms with Gasteiger partial charge in [0.1, 0.15) is 5.52 Å². The van der Waals surface area contributed by atoms with Crippen LogP contribution in [-0.4, -0.2) is 21.0 Å². The normalized spacial score (nSPS) is 10.9. The van der Waals surface area contributed by atoms with Crippen molar-refractivity contribution in [1.29, 1.82) is 0 Å². The summed E-state index contributed by atoms with van der Waals surface area (Å²) in [5.41, 5.74) is 2.03. The van der Waals surface area contributed by atoms with Crippen molar-refractivity contribution in [2.45, 2.75) is 19.1 Å². The van der Waals surface area contributed by atoms with Crippen molar-refractivity contribution >= 4 is 16.9 Å². The fourth-order valence-electron chi connectivity index (χ4n) is 3.14. The first-order valence-electron chi connectivity index (χ1n) is 9.34. The summed E-state index contributed by atoms with van der Waals surface area (Å²) in [6, 6.07) is 26.1. The first-order chi connectivity index (χ1) is 14.2. The van der Waals surface area contributed by atoms with Gasteiger partial charge in [0.2, 0.25) is 0 Å². The number of ether oxygens (including phenoxy) is 1. The van der Waals surface area contributed by atoms with E-state index in [9.17, 15) is 9.59 Å². The molecule has 4 aromatic rings. The van der Waals surface area contributed by atoms with Crippen LogP contribution in [-0.2, 0) is 16.1 Å². The van der Waals surface area contributed by atoms with Crippen LogP contribution in [0.3, 0.4) is 0 Å². The minimum Gasteiger partial charge on any atom is -0.452 e. The quantitative estimate of drug-likeness (QED) is 0.475. The van der Waals surface area contributed by atoms with Crippen LogP contribution in [0.1, 0.15) is 23.7 Å². The van der Waals surface area contributed by atoms with Crippen molar-refractivity contribution in [3.63, 3.8) is 0 Å². The molecule has 1 heterocycles. The van der Waals surface area contributed by atoms with E-state index in [4.69, 9.17) is 4.74 Å². The molecule has 0 spiro atoms. The predicted molar refractivity (Wildman–Crippen MR) is 109 cm³/mol. The number of carbonyl (C=O) groups excluding carboxylic acids is 1. The van der Waals surface area contributed by atoms with E-state index in [1.807, 2.05) is 60.7 Å². The van der Waals surface area contributed by atoms with Crippen LogP contribution in [0.15, 0.2) is 89.7 Å². The summed E-state index contributed by atoms with van der Waals surface area (Å²) in [5.74, 6) is -0.412. The van der Waals surface area contributed by atoms with E-state index < -0.39 is 12.1 Å². The van der Waals surface area contributed by atoms with Gasteiger partial charge in [-0.05, 0) is 23.3 Å². The number of hydrogen-bond donors (Lipinski definition) is 0. The molecule has 1 aromatic heterocycles. The molecule has 0 unspecified atom stereocenters. The molecule has 0 radical (unpaired) electrons. The first kappa shape index (κ1) is 18.6. The summed E-state index contributed by atoms with van der Waals surface area (Å²) >= 11 is 0. The maximum Gasteiger partial charge on any atom is 0.308 e. The fraction of sp³-hybridized carbons (Fsp3) is 0.130. The number of esters is 1. The standard InChI is InChI=1S/C23H19N3O3/c27-21(15-16-26-23(28)19-13-7-8-14-20(19)24-25-26)29-22(17-9-3-1-4-10-17)18-11-5-2-6-12-18/h1-14,22H,15-16H2. The molecule has 6 heteroatoms. The van der Waals surface area contributed by atoms with E-state index in [1.54, 1.807) is 24.3 Å². The highest BCUT2D eigenvalue weighted by Gasteiger charge is 2.19. The molecular weight excluding hydrogens is 366 g/mol. The largest absolute Gasteiger partial charge is 0.452 e. The van der Waals surface area contributed by atoms with Gasteiger partial charge >= 0.3 is 5.97 Å². The molecule has 4 rings (SSSR count).